The maximum absolute atomic E-state index is 13.3. The van der Waals surface area contributed by atoms with Crippen molar-refractivity contribution in [3.05, 3.63) is 65.0 Å². The van der Waals surface area contributed by atoms with E-state index in [0.29, 0.717) is 6.29 Å². The van der Waals surface area contributed by atoms with E-state index < -0.39 is 17.5 Å². The Kier molecular flexibility index (Phi) is 3.85. The molecule has 0 N–H and O–H groups in total. The number of aldehydes is 1. The number of rotatable bonds is 4. The molecule has 19 heavy (non-hydrogen) atoms. The first-order valence-electron chi connectivity index (χ1n) is 5.41. The minimum absolute atomic E-state index is 0.0322. The normalized spacial score (nSPS) is 10.3. The summed E-state index contributed by atoms with van der Waals surface area (Å²) in [5.74, 6) is -2.11. The smallest absolute Gasteiger partial charge is 0.150 e. The number of carbonyl (C=O) groups excluding carboxylic acids is 1. The SMILES string of the molecule is O=Cc1cc(F)cc(OCc2c(F)cccc2F)c1. The van der Waals surface area contributed by atoms with E-state index in [1.54, 1.807) is 0 Å². The standard InChI is InChI=1S/C14H9F3O2/c15-10-4-9(7-18)5-11(6-10)19-8-12-13(16)2-1-3-14(12)17/h1-7H,8H2. The van der Waals surface area contributed by atoms with Crippen molar-refractivity contribution < 1.29 is 22.7 Å². The van der Waals surface area contributed by atoms with Crippen molar-refractivity contribution in [3.8, 4) is 5.75 Å². The maximum Gasteiger partial charge on any atom is 0.150 e. The van der Waals surface area contributed by atoms with E-state index in [-0.39, 0.29) is 23.5 Å². The van der Waals surface area contributed by atoms with Gasteiger partial charge >= 0.3 is 0 Å². The Balaban J connectivity index is 2.19. The predicted molar refractivity (Wildman–Crippen MR) is 62.5 cm³/mol. The van der Waals surface area contributed by atoms with Gasteiger partial charge in [0.2, 0.25) is 0 Å². The number of carbonyl (C=O) groups is 1. The van der Waals surface area contributed by atoms with E-state index in [4.69, 9.17) is 4.74 Å². The van der Waals surface area contributed by atoms with Crippen molar-refractivity contribution in [2.45, 2.75) is 6.61 Å². The van der Waals surface area contributed by atoms with Crippen LogP contribution in [0.3, 0.4) is 0 Å². The molecule has 0 radical (unpaired) electrons. The van der Waals surface area contributed by atoms with Gasteiger partial charge in [-0.15, -0.1) is 0 Å². The van der Waals surface area contributed by atoms with Gasteiger partial charge in [0.05, 0.1) is 5.56 Å². The van der Waals surface area contributed by atoms with Gasteiger partial charge in [-0.05, 0) is 24.3 Å². The highest BCUT2D eigenvalue weighted by molar-refractivity contribution is 5.75. The molecule has 2 aromatic carbocycles. The van der Waals surface area contributed by atoms with Crippen LogP contribution in [0.2, 0.25) is 0 Å². The molecule has 0 fully saturated rings. The van der Waals surface area contributed by atoms with Gasteiger partial charge in [-0.1, -0.05) is 6.07 Å². The summed E-state index contributed by atoms with van der Waals surface area (Å²) in [6.45, 7) is -0.389. The molecule has 0 saturated heterocycles. The lowest BCUT2D eigenvalue weighted by Gasteiger charge is -2.08. The van der Waals surface area contributed by atoms with Crippen LogP contribution >= 0.6 is 0 Å². The fourth-order valence-electron chi connectivity index (χ4n) is 1.56. The highest BCUT2D eigenvalue weighted by atomic mass is 19.1. The minimum atomic E-state index is -0.744. The second kappa shape index (κ2) is 5.56. The highest BCUT2D eigenvalue weighted by Crippen LogP contribution is 2.19. The van der Waals surface area contributed by atoms with Gasteiger partial charge in [0.1, 0.15) is 36.1 Å². The quantitative estimate of drug-likeness (QED) is 0.792. The van der Waals surface area contributed by atoms with Gasteiger partial charge in [-0.2, -0.15) is 0 Å². The maximum atomic E-state index is 13.3. The molecule has 0 saturated carbocycles. The summed E-state index contributed by atoms with van der Waals surface area (Å²) in [6.07, 6.45) is 0.458. The van der Waals surface area contributed by atoms with E-state index in [0.717, 1.165) is 24.3 Å². The fraction of sp³-hybridized carbons (Fsp3) is 0.0714. The summed E-state index contributed by atoms with van der Waals surface area (Å²) in [5.41, 5.74) is -0.164. The zero-order valence-corrected chi connectivity index (χ0v) is 9.70. The molecule has 2 nitrogen and oxygen atoms in total. The summed E-state index contributed by atoms with van der Waals surface area (Å²) in [5, 5.41) is 0. The molecule has 2 rings (SSSR count). The van der Waals surface area contributed by atoms with Gasteiger partial charge in [-0.25, -0.2) is 13.2 Å². The molecule has 0 atom stereocenters. The molecule has 0 aliphatic heterocycles. The average molecular weight is 266 g/mol. The largest absolute Gasteiger partial charge is 0.489 e. The van der Waals surface area contributed by atoms with Gasteiger partial charge in [-0.3, -0.25) is 4.79 Å². The van der Waals surface area contributed by atoms with Gasteiger partial charge < -0.3 is 4.74 Å². The van der Waals surface area contributed by atoms with E-state index in [2.05, 4.69) is 0 Å². The monoisotopic (exact) mass is 266 g/mol. The third-order valence-corrected chi connectivity index (χ3v) is 2.47. The average Bonchev–Trinajstić information content (AvgIpc) is 2.37. The van der Waals surface area contributed by atoms with Crippen LogP contribution in [0.5, 0.6) is 5.75 Å². The van der Waals surface area contributed by atoms with Crippen LogP contribution in [0.4, 0.5) is 13.2 Å². The number of hydrogen-bond donors (Lipinski definition) is 0. The first-order valence-corrected chi connectivity index (χ1v) is 5.41. The first kappa shape index (κ1) is 13.1. The van der Waals surface area contributed by atoms with Crippen LogP contribution in [0, 0.1) is 17.5 Å². The Bertz CT molecular complexity index is 591. The van der Waals surface area contributed by atoms with Crippen LogP contribution < -0.4 is 4.74 Å². The summed E-state index contributed by atoms with van der Waals surface area (Å²) in [6, 6.07) is 6.79. The zero-order valence-electron chi connectivity index (χ0n) is 9.70. The Hall–Kier alpha value is -2.30. The first-order chi connectivity index (χ1) is 9.10. The number of halogens is 3. The molecule has 0 aliphatic carbocycles. The Morgan fingerprint density at radius 2 is 1.74 bits per heavy atom. The van der Waals surface area contributed by atoms with Crippen molar-refractivity contribution in [2.24, 2.45) is 0 Å². The molecule has 0 heterocycles. The van der Waals surface area contributed by atoms with Gasteiger partial charge in [0, 0.05) is 11.6 Å². The number of ether oxygens (including phenoxy) is 1. The van der Waals surface area contributed by atoms with Crippen molar-refractivity contribution in [2.75, 3.05) is 0 Å². The molecule has 0 bridgehead atoms. The minimum Gasteiger partial charge on any atom is -0.489 e. The van der Waals surface area contributed by atoms with Crippen LogP contribution in [0.15, 0.2) is 36.4 Å². The summed E-state index contributed by atoms with van der Waals surface area (Å²) in [4.78, 5) is 10.6. The van der Waals surface area contributed by atoms with Crippen molar-refractivity contribution in [3.63, 3.8) is 0 Å². The predicted octanol–water partition coefficient (Wildman–Crippen LogP) is 3.50. The Morgan fingerprint density at radius 3 is 2.37 bits per heavy atom. The molecule has 0 aromatic heterocycles. The van der Waals surface area contributed by atoms with E-state index in [1.807, 2.05) is 0 Å². The molecule has 0 aliphatic rings. The molecule has 98 valence electrons. The lowest BCUT2D eigenvalue weighted by atomic mass is 10.2. The van der Waals surface area contributed by atoms with Crippen LogP contribution in [-0.4, -0.2) is 6.29 Å². The molecule has 5 heteroatoms. The summed E-state index contributed by atoms with van der Waals surface area (Å²) >= 11 is 0. The molecule has 0 spiro atoms. The molecule has 0 amide bonds. The van der Waals surface area contributed by atoms with Crippen LogP contribution in [-0.2, 0) is 6.61 Å². The van der Waals surface area contributed by atoms with E-state index in [9.17, 15) is 18.0 Å². The highest BCUT2D eigenvalue weighted by Gasteiger charge is 2.09. The Morgan fingerprint density at radius 1 is 1.05 bits per heavy atom. The topological polar surface area (TPSA) is 26.3 Å². The van der Waals surface area contributed by atoms with Crippen molar-refractivity contribution in [1.82, 2.24) is 0 Å². The zero-order chi connectivity index (χ0) is 13.8. The Labute approximate surface area is 107 Å². The van der Waals surface area contributed by atoms with Gasteiger partial charge in [0.25, 0.3) is 0 Å². The third-order valence-electron chi connectivity index (χ3n) is 2.47. The molecule has 2 aromatic rings. The van der Waals surface area contributed by atoms with Gasteiger partial charge in [0.15, 0.2) is 0 Å². The van der Waals surface area contributed by atoms with Crippen LogP contribution in [0.25, 0.3) is 0 Å². The molecular weight excluding hydrogens is 257 g/mol. The third kappa shape index (κ3) is 3.13. The summed E-state index contributed by atoms with van der Waals surface area (Å²) < 4.78 is 44.9. The van der Waals surface area contributed by atoms with Crippen molar-refractivity contribution >= 4 is 6.29 Å². The lowest BCUT2D eigenvalue weighted by Crippen LogP contribution is -2.02. The second-order valence-corrected chi connectivity index (χ2v) is 3.83. The van der Waals surface area contributed by atoms with E-state index >= 15 is 0 Å². The number of benzene rings is 2. The molecular formula is C14H9F3O2. The summed E-state index contributed by atoms with van der Waals surface area (Å²) in [7, 11) is 0. The number of hydrogen-bond acceptors (Lipinski definition) is 2. The van der Waals surface area contributed by atoms with Crippen molar-refractivity contribution in [1.29, 1.82) is 0 Å². The van der Waals surface area contributed by atoms with E-state index in [1.165, 1.54) is 12.1 Å². The second-order valence-electron chi connectivity index (χ2n) is 3.83. The molecule has 0 unspecified atom stereocenters. The van der Waals surface area contributed by atoms with Crippen LogP contribution in [0.1, 0.15) is 15.9 Å². The lowest BCUT2D eigenvalue weighted by molar-refractivity contribution is 0.112. The fourth-order valence-corrected chi connectivity index (χ4v) is 1.56.